The zero-order chi connectivity index (χ0) is 12.0. The van der Waals surface area contributed by atoms with Crippen LogP contribution in [0.5, 0.6) is 0 Å². The van der Waals surface area contributed by atoms with Crippen LogP contribution in [0.3, 0.4) is 0 Å². The standard InChI is InChI=1S/C14H29NO/c1-5-8-15-13(10-11(3)4)12-7-9-16-14(12)6-2/h11-15H,5-10H2,1-4H3. The molecule has 1 N–H and O–H groups in total. The van der Waals surface area contributed by atoms with Crippen molar-refractivity contribution < 1.29 is 4.74 Å². The van der Waals surface area contributed by atoms with Gasteiger partial charge in [-0.2, -0.15) is 0 Å². The minimum atomic E-state index is 0.494. The molecule has 2 nitrogen and oxygen atoms in total. The van der Waals surface area contributed by atoms with Crippen molar-refractivity contribution in [1.29, 1.82) is 0 Å². The van der Waals surface area contributed by atoms with Gasteiger partial charge < -0.3 is 10.1 Å². The van der Waals surface area contributed by atoms with Crippen molar-refractivity contribution in [3.8, 4) is 0 Å². The van der Waals surface area contributed by atoms with Crippen molar-refractivity contribution in [1.82, 2.24) is 5.32 Å². The smallest absolute Gasteiger partial charge is 0.0616 e. The molecule has 0 aromatic carbocycles. The van der Waals surface area contributed by atoms with E-state index in [1.54, 1.807) is 0 Å². The summed E-state index contributed by atoms with van der Waals surface area (Å²) < 4.78 is 5.82. The summed E-state index contributed by atoms with van der Waals surface area (Å²) >= 11 is 0. The Bertz CT molecular complexity index is 182. The molecular weight excluding hydrogens is 198 g/mol. The summed E-state index contributed by atoms with van der Waals surface area (Å²) in [6.07, 6.45) is 5.40. The molecule has 1 rings (SSSR count). The summed E-state index contributed by atoms with van der Waals surface area (Å²) in [4.78, 5) is 0. The first-order valence-corrected chi connectivity index (χ1v) is 7.04. The lowest BCUT2D eigenvalue weighted by molar-refractivity contribution is 0.0749. The summed E-state index contributed by atoms with van der Waals surface area (Å²) in [5.41, 5.74) is 0. The highest BCUT2D eigenvalue weighted by Gasteiger charge is 2.33. The Labute approximate surface area is 101 Å². The van der Waals surface area contributed by atoms with Crippen molar-refractivity contribution in [2.45, 2.75) is 65.5 Å². The van der Waals surface area contributed by atoms with E-state index in [1.165, 1.54) is 19.3 Å². The number of rotatable bonds is 7. The van der Waals surface area contributed by atoms with Crippen LogP contribution in [0.15, 0.2) is 0 Å². The fourth-order valence-corrected chi connectivity index (χ4v) is 2.79. The third kappa shape index (κ3) is 4.06. The second-order valence-electron chi connectivity index (χ2n) is 5.46. The topological polar surface area (TPSA) is 21.3 Å². The van der Waals surface area contributed by atoms with Crippen LogP contribution in [-0.2, 0) is 4.74 Å². The molecule has 0 saturated carbocycles. The van der Waals surface area contributed by atoms with Crippen molar-refractivity contribution in [3.05, 3.63) is 0 Å². The van der Waals surface area contributed by atoms with Crippen LogP contribution >= 0.6 is 0 Å². The minimum Gasteiger partial charge on any atom is -0.378 e. The Hall–Kier alpha value is -0.0800. The third-order valence-corrected chi connectivity index (χ3v) is 3.56. The van der Waals surface area contributed by atoms with Gasteiger partial charge in [-0.25, -0.2) is 0 Å². The maximum atomic E-state index is 5.82. The molecule has 0 aliphatic carbocycles. The molecule has 1 fully saturated rings. The third-order valence-electron chi connectivity index (χ3n) is 3.56. The van der Waals surface area contributed by atoms with E-state index in [-0.39, 0.29) is 0 Å². The van der Waals surface area contributed by atoms with Gasteiger partial charge in [0.1, 0.15) is 0 Å². The van der Waals surface area contributed by atoms with E-state index < -0.39 is 0 Å². The Morgan fingerprint density at radius 3 is 2.62 bits per heavy atom. The van der Waals surface area contributed by atoms with Crippen LogP contribution in [-0.4, -0.2) is 25.3 Å². The van der Waals surface area contributed by atoms with Gasteiger partial charge in [0.2, 0.25) is 0 Å². The van der Waals surface area contributed by atoms with Crippen LogP contribution in [0.1, 0.15) is 53.4 Å². The molecule has 1 aliphatic heterocycles. The average Bonchev–Trinajstić information content (AvgIpc) is 2.71. The van der Waals surface area contributed by atoms with Gasteiger partial charge in [-0.05, 0) is 38.1 Å². The zero-order valence-electron chi connectivity index (χ0n) is 11.5. The van der Waals surface area contributed by atoms with E-state index in [2.05, 4.69) is 33.0 Å². The molecule has 0 amide bonds. The lowest BCUT2D eigenvalue weighted by Crippen LogP contribution is -2.41. The van der Waals surface area contributed by atoms with Gasteiger partial charge in [-0.1, -0.05) is 27.7 Å². The van der Waals surface area contributed by atoms with E-state index in [0.29, 0.717) is 12.1 Å². The van der Waals surface area contributed by atoms with Gasteiger partial charge in [0, 0.05) is 18.6 Å². The summed E-state index contributed by atoms with van der Waals surface area (Å²) in [5, 5.41) is 3.73. The molecule has 1 heterocycles. The van der Waals surface area contributed by atoms with E-state index in [4.69, 9.17) is 4.74 Å². The highest BCUT2D eigenvalue weighted by Crippen LogP contribution is 2.29. The first kappa shape index (κ1) is 14.0. The monoisotopic (exact) mass is 227 g/mol. The first-order valence-electron chi connectivity index (χ1n) is 7.04. The maximum Gasteiger partial charge on any atom is 0.0616 e. The number of hydrogen-bond donors (Lipinski definition) is 1. The van der Waals surface area contributed by atoms with Crippen LogP contribution in [0.4, 0.5) is 0 Å². The lowest BCUT2D eigenvalue weighted by Gasteiger charge is -2.29. The zero-order valence-corrected chi connectivity index (χ0v) is 11.5. The van der Waals surface area contributed by atoms with E-state index in [1.807, 2.05) is 0 Å². The molecule has 2 heteroatoms. The summed E-state index contributed by atoms with van der Waals surface area (Å²) in [5.74, 6) is 1.51. The van der Waals surface area contributed by atoms with Gasteiger partial charge in [-0.3, -0.25) is 0 Å². The van der Waals surface area contributed by atoms with Gasteiger partial charge in [-0.15, -0.1) is 0 Å². The minimum absolute atomic E-state index is 0.494. The highest BCUT2D eigenvalue weighted by molar-refractivity contribution is 4.86. The first-order chi connectivity index (χ1) is 7.69. The normalized spacial score (nSPS) is 27.6. The lowest BCUT2D eigenvalue weighted by atomic mass is 9.86. The fourth-order valence-electron chi connectivity index (χ4n) is 2.79. The average molecular weight is 227 g/mol. The van der Waals surface area contributed by atoms with Gasteiger partial charge >= 0.3 is 0 Å². The quantitative estimate of drug-likeness (QED) is 0.721. The Morgan fingerprint density at radius 2 is 2.06 bits per heavy atom. The molecule has 1 saturated heterocycles. The molecular formula is C14H29NO. The van der Waals surface area contributed by atoms with Crippen molar-refractivity contribution >= 4 is 0 Å². The molecule has 3 unspecified atom stereocenters. The van der Waals surface area contributed by atoms with Crippen molar-refractivity contribution in [2.24, 2.45) is 11.8 Å². The van der Waals surface area contributed by atoms with Crippen LogP contribution in [0, 0.1) is 11.8 Å². The number of nitrogens with one attached hydrogen (secondary N) is 1. The maximum absolute atomic E-state index is 5.82. The van der Waals surface area contributed by atoms with Crippen molar-refractivity contribution in [3.63, 3.8) is 0 Å². The SMILES string of the molecule is CCCNC(CC(C)C)C1CCOC1CC. The Balaban J connectivity index is 2.51. The van der Waals surface area contributed by atoms with Gasteiger partial charge in [0.25, 0.3) is 0 Å². The van der Waals surface area contributed by atoms with E-state index in [9.17, 15) is 0 Å². The fraction of sp³-hybridized carbons (Fsp3) is 1.00. The van der Waals surface area contributed by atoms with Crippen LogP contribution < -0.4 is 5.32 Å². The molecule has 96 valence electrons. The molecule has 0 aromatic rings. The second kappa shape index (κ2) is 7.29. The van der Waals surface area contributed by atoms with Crippen LogP contribution in [0.25, 0.3) is 0 Å². The Morgan fingerprint density at radius 1 is 1.31 bits per heavy atom. The molecule has 0 radical (unpaired) electrons. The van der Waals surface area contributed by atoms with Gasteiger partial charge in [0.15, 0.2) is 0 Å². The molecule has 16 heavy (non-hydrogen) atoms. The predicted octanol–water partition coefficient (Wildman–Crippen LogP) is 3.22. The highest BCUT2D eigenvalue weighted by atomic mass is 16.5. The Kier molecular flexibility index (Phi) is 6.37. The second-order valence-corrected chi connectivity index (χ2v) is 5.46. The van der Waals surface area contributed by atoms with Crippen LogP contribution in [0.2, 0.25) is 0 Å². The molecule has 0 bridgehead atoms. The summed E-state index contributed by atoms with van der Waals surface area (Å²) in [6.45, 7) is 11.2. The van der Waals surface area contributed by atoms with E-state index >= 15 is 0 Å². The molecule has 3 atom stereocenters. The molecule has 1 aliphatic rings. The van der Waals surface area contributed by atoms with E-state index in [0.717, 1.165) is 31.4 Å². The summed E-state index contributed by atoms with van der Waals surface area (Å²) in [7, 11) is 0. The van der Waals surface area contributed by atoms with Crippen molar-refractivity contribution in [2.75, 3.05) is 13.2 Å². The number of ether oxygens (including phenoxy) is 1. The molecule has 0 aromatic heterocycles. The summed E-state index contributed by atoms with van der Waals surface area (Å²) in [6, 6.07) is 0.660. The molecule has 0 spiro atoms. The largest absolute Gasteiger partial charge is 0.378 e. The van der Waals surface area contributed by atoms with Gasteiger partial charge in [0.05, 0.1) is 6.10 Å². The predicted molar refractivity (Wildman–Crippen MR) is 69.7 cm³/mol. The number of hydrogen-bond acceptors (Lipinski definition) is 2.